The smallest absolute Gasteiger partial charge is 0.182 e. The van der Waals surface area contributed by atoms with Crippen LogP contribution in [0.1, 0.15) is 5.56 Å². The largest absolute Gasteiger partial charge is 0.378 e. The van der Waals surface area contributed by atoms with Crippen LogP contribution in [-0.4, -0.2) is 4.57 Å². The van der Waals surface area contributed by atoms with Crippen LogP contribution in [0.4, 0.5) is 18.9 Å². The van der Waals surface area contributed by atoms with Gasteiger partial charge in [-0.05, 0) is 11.6 Å². The van der Waals surface area contributed by atoms with E-state index in [-0.39, 0.29) is 12.2 Å². The molecule has 0 spiro atoms. The van der Waals surface area contributed by atoms with Crippen molar-refractivity contribution in [1.29, 1.82) is 0 Å². The highest BCUT2D eigenvalue weighted by molar-refractivity contribution is 5.84. The Balaban J connectivity index is 1.91. The molecule has 0 amide bonds. The molecule has 0 aliphatic rings. The van der Waals surface area contributed by atoms with Gasteiger partial charge in [0.1, 0.15) is 5.82 Å². The number of hydrogen-bond donors (Lipinski definition) is 1. The van der Waals surface area contributed by atoms with E-state index >= 15 is 0 Å². The number of para-hydroxylation sites is 1. The van der Waals surface area contributed by atoms with Crippen molar-refractivity contribution in [3.05, 3.63) is 65.6 Å². The maximum absolute atomic E-state index is 13.6. The van der Waals surface area contributed by atoms with Crippen molar-refractivity contribution in [2.24, 2.45) is 7.05 Å². The fraction of sp³-hybridized carbons (Fsp3) is 0.125. The van der Waals surface area contributed by atoms with E-state index in [9.17, 15) is 13.2 Å². The van der Waals surface area contributed by atoms with Gasteiger partial charge in [-0.2, -0.15) is 0 Å². The molecule has 0 unspecified atom stereocenters. The number of benzene rings is 2. The molecule has 0 bridgehead atoms. The molecule has 1 N–H and O–H groups in total. The summed E-state index contributed by atoms with van der Waals surface area (Å²) < 4.78 is 41.9. The zero-order chi connectivity index (χ0) is 15.0. The van der Waals surface area contributed by atoms with E-state index in [1.165, 1.54) is 0 Å². The second kappa shape index (κ2) is 5.16. The maximum atomic E-state index is 13.6. The molecule has 2 aromatic carbocycles. The summed E-state index contributed by atoms with van der Waals surface area (Å²) in [6, 6.07) is 9.24. The molecule has 3 aromatic rings. The van der Waals surface area contributed by atoms with Gasteiger partial charge in [-0.1, -0.05) is 18.2 Å². The molecule has 1 heterocycles. The number of nitrogens with zero attached hydrogens (tertiary/aromatic N) is 1. The minimum Gasteiger partial charge on any atom is -0.378 e. The zero-order valence-corrected chi connectivity index (χ0v) is 11.3. The van der Waals surface area contributed by atoms with E-state index in [4.69, 9.17) is 0 Å². The topological polar surface area (TPSA) is 17.0 Å². The molecule has 0 fully saturated rings. The van der Waals surface area contributed by atoms with E-state index in [1.807, 2.05) is 42.1 Å². The molecule has 0 aliphatic carbocycles. The highest BCUT2D eigenvalue weighted by Gasteiger charge is 2.12. The van der Waals surface area contributed by atoms with E-state index in [1.54, 1.807) is 0 Å². The fourth-order valence-corrected chi connectivity index (χ4v) is 2.44. The molecule has 0 saturated carbocycles. The number of rotatable bonds is 3. The molecule has 0 saturated heterocycles. The highest BCUT2D eigenvalue weighted by atomic mass is 19.2. The normalized spacial score (nSPS) is 11.0. The Kier molecular flexibility index (Phi) is 3.33. The Morgan fingerprint density at radius 1 is 1.10 bits per heavy atom. The van der Waals surface area contributed by atoms with Gasteiger partial charge in [0.15, 0.2) is 11.6 Å². The van der Waals surface area contributed by atoms with Crippen LogP contribution >= 0.6 is 0 Å². The summed E-state index contributed by atoms with van der Waals surface area (Å²) in [5.74, 6) is -3.08. The first-order valence-corrected chi connectivity index (χ1v) is 6.47. The van der Waals surface area contributed by atoms with Crippen LogP contribution in [0.3, 0.4) is 0 Å². The number of fused-ring (bicyclic) bond motifs is 1. The lowest BCUT2D eigenvalue weighted by Gasteiger charge is -2.08. The van der Waals surface area contributed by atoms with Gasteiger partial charge in [-0.15, -0.1) is 0 Å². The highest BCUT2D eigenvalue weighted by Crippen LogP contribution is 2.23. The summed E-state index contributed by atoms with van der Waals surface area (Å²) in [6.45, 7) is 0.279. The average Bonchev–Trinajstić information content (AvgIpc) is 2.78. The molecule has 0 radical (unpaired) electrons. The van der Waals surface area contributed by atoms with Crippen LogP contribution in [-0.2, 0) is 13.6 Å². The van der Waals surface area contributed by atoms with Crippen molar-refractivity contribution in [3.63, 3.8) is 0 Å². The first kappa shape index (κ1) is 13.5. The van der Waals surface area contributed by atoms with Crippen molar-refractivity contribution < 1.29 is 13.2 Å². The molecule has 108 valence electrons. The quantitative estimate of drug-likeness (QED) is 0.715. The minimum atomic E-state index is -1.20. The molecule has 1 aromatic heterocycles. The first-order valence-electron chi connectivity index (χ1n) is 6.47. The van der Waals surface area contributed by atoms with E-state index in [2.05, 4.69) is 5.32 Å². The Bertz CT molecular complexity index is 809. The second-order valence-corrected chi connectivity index (χ2v) is 4.89. The Hall–Kier alpha value is -2.43. The lowest BCUT2D eigenvalue weighted by atomic mass is 10.1. The Labute approximate surface area is 119 Å². The van der Waals surface area contributed by atoms with Crippen molar-refractivity contribution >= 4 is 16.6 Å². The molecule has 0 atom stereocenters. The third-order valence-electron chi connectivity index (χ3n) is 3.44. The van der Waals surface area contributed by atoms with Crippen LogP contribution in [0.15, 0.2) is 42.6 Å². The molecule has 3 rings (SSSR count). The predicted molar refractivity (Wildman–Crippen MR) is 76.6 cm³/mol. The summed E-state index contributed by atoms with van der Waals surface area (Å²) >= 11 is 0. The molecule has 21 heavy (non-hydrogen) atoms. The minimum absolute atomic E-state index is 0.180. The van der Waals surface area contributed by atoms with Crippen LogP contribution in [0.25, 0.3) is 10.9 Å². The lowest BCUT2D eigenvalue weighted by molar-refractivity contribution is 0.497. The SMILES string of the molecule is Cn1cc(CNc2cc(F)cc(F)c2F)c2ccccc21. The lowest BCUT2D eigenvalue weighted by Crippen LogP contribution is -2.03. The number of aromatic nitrogens is 1. The summed E-state index contributed by atoms with van der Waals surface area (Å²) in [5.41, 5.74) is 1.79. The van der Waals surface area contributed by atoms with E-state index < -0.39 is 17.5 Å². The first-order chi connectivity index (χ1) is 10.1. The zero-order valence-electron chi connectivity index (χ0n) is 11.3. The number of nitrogens with one attached hydrogen (secondary N) is 1. The number of anilines is 1. The van der Waals surface area contributed by atoms with Gasteiger partial charge in [0.25, 0.3) is 0 Å². The van der Waals surface area contributed by atoms with Gasteiger partial charge in [0.05, 0.1) is 5.69 Å². The average molecular weight is 290 g/mol. The number of halogens is 3. The second-order valence-electron chi connectivity index (χ2n) is 4.89. The molecular formula is C16H13F3N2. The van der Waals surface area contributed by atoms with Crippen molar-refractivity contribution in [1.82, 2.24) is 4.57 Å². The summed E-state index contributed by atoms with van der Waals surface area (Å²) in [5, 5.41) is 3.77. The van der Waals surface area contributed by atoms with Crippen molar-refractivity contribution in [2.45, 2.75) is 6.54 Å². The number of hydrogen-bond acceptors (Lipinski definition) is 1. The van der Waals surface area contributed by atoms with Gasteiger partial charge < -0.3 is 9.88 Å². The summed E-state index contributed by atoms with van der Waals surface area (Å²) in [4.78, 5) is 0. The van der Waals surface area contributed by atoms with Crippen LogP contribution in [0.2, 0.25) is 0 Å². The van der Waals surface area contributed by atoms with Gasteiger partial charge in [0, 0.05) is 42.8 Å². The standard InChI is InChI=1S/C16H13F3N2/c1-21-9-10(12-4-2-3-5-15(12)21)8-20-14-7-11(17)6-13(18)16(14)19/h2-7,9,20H,8H2,1H3. The summed E-state index contributed by atoms with van der Waals surface area (Å²) in [6.07, 6.45) is 1.91. The summed E-state index contributed by atoms with van der Waals surface area (Å²) in [7, 11) is 1.91. The van der Waals surface area contributed by atoms with Crippen molar-refractivity contribution in [2.75, 3.05) is 5.32 Å². The molecular weight excluding hydrogens is 277 g/mol. The van der Waals surface area contributed by atoms with Gasteiger partial charge in [0.2, 0.25) is 0 Å². The molecule has 5 heteroatoms. The third-order valence-corrected chi connectivity index (χ3v) is 3.44. The molecule has 2 nitrogen and oxygen atoms in total. The monoisotopic (exact) mass is 290 g/mol. The van der Waals surface area contributed by atoms with Crippen LogP contribution < -0.4 is 5.32 Å². The van der Waals surface area contributed by atoms with Gasteiger partial charge in [-0.3, -0.25) is 0 Å². The molecule has 0 aliphatic heterocycles. The van der Waals surface area contributed by atoms with Crippen LogP contribution in [0, 0.1) is 17.5 Å². The third kappa shape index (κ3) is 2.46. The van der Waals surface area contributed by atoms with Gasteiger partial charge >= 0.3 is 0 Å². The van der Waals surface area contributed by atoms with E-state index in [0.717, 1.165) is 22.5 Å². The fourth-order valence-electron chi connectivity index (χ4n) is 2.44. The van der Waals surface area contributed by atoms with Crippen molar-refractivity contribution in [3.8, 4) is 0 Å². The maximum Gasteiger partial charge on any atom is 0.182 e. The van der Waals surface area contributed by atoms with Gasteiger partial charge in [-0.25, -0.2) is 13.2 Å². The predicted octanol–water partition coefficient (Wildman–Crippen LogP) is 4.21. The Morgan fingerprint density at radius 2 is 1.86 bits per heavy atom. The number of aryl methyl sites for hydroxylation is 1. The van der Waals surface area contributed by atoms with Crippen LogP contribution in [0.5, 0.6) is 0 Å². The Morgan fingerprint density at radius 3 is 2.67 bits per heavy atom. The van der Waals surface area contributed by atoms with E-state index in [0.29, 0.717) is 6.07 Å².